The lowest BCUT2D eigenvalue weighted by molar-refractivity contribution is -0.121. The quantitative estimate of drug-likeness (QED) is 0.898. The van der Waals surface area contributed by atoms with Gasteiger partial charge in [-0.05, 0) is 31.0 Å². The van der Waals surface area contributed by atoms with Crippen LogP contribution in [0.15, 0.2) is 41.2 Å². The molecule has 4 rings (SSSR count). The molecule has 3 heterocycles. The Morgan fingerprint density at radius 2 is 1.93 bits per heavy atom. The fraction of sp³-hybridized carbons (Fsp3) is 0.400. The van der Waals surface area contributed by atoms with Gasteiger partial charge in [-0.3, -0.25) is 9.59 Å². The number of rotatable bonds is 3. The van der Waals surface area contributed by atoms with Crippen molar-refractivity contribution in [3.8, 4) is 11.5 Å². The number of likely N-dealkylation sites (tertiary alicyclic amines) is 1. The number of nitrogens with zero attached hydrogens (tertiary/aromatic N) is 1. The molecule has 1 fully saturated rings. The van der Waals surface area contributed by atoms with Crippen molar-refractivity contribution in [3.05, 3.63) is 42.4 Å². The van der Waals surface area contributed by atoms with Gasteiger partial charge in [-0.15, -0.1) is 0 Å². The number of nitrogens with one attached hydrogen (secondary N) is 1. The summed E-state index contributed by atoms with van der Waals surface area (Å²) in [4.78, 5) is 26.9. The van der Waals surface area contributed by atoms with E-state index in [1.165, 1.54) is 12.5 Å². The molecule has 0 spiro atoms. The Morgan fingerprint density at radius 3 is 2.74 bits per heavy atom. The largest absolute Gasteiger partial charge is 0.490 e. The fourth-order valence-electron chi connectivity index (χ4n) is 3.43. The van der Waals surface area contributed by atoms with Crippen LogP contribution in [0.3, 0.4) is 0 Å². The average molecular weight is 370 g/mol. The van der Waals surface area contributed by atoms with Crippen LogP contribution in [0.25, 0.3) is 0 Å². The van der Waals surface area contributed by atoms with Gasteiger partial charge in [-0.25, -0.2) is 0 Å². The van der Waals surface area contributed by atoms with Gasteiger partial charge < -0.3 is 24.1 Å². The molecule has 0 bridgehead atoms. The monoisotopic (exact) mass is 370 g/mol. The van der Waals surface area contributed by atoms with Crippen LogP contribution in [0.2, 0.25) is 0 Å². The minimum atomic E-state index is -0.245. The Balaban J connectivity index is 1.40. The molecule has 7 heteroatoms. The van der Waals surface area contributed by atoms with E-state index in [9.17, 15) is 9.59 Å². The Kier molecular flexibility index (Phi) is 5.00. The number of ether oxygens (including phenoxy) is 2. The first-order valence-corrected chi connectivity index (χ1v) is 9.23. The van der Waals surface area contributed by atoms with Gasteiger partial charge in [0.25, 0.3) is 5.91 Å². The van der Waals surface area contributed by atoms with E-state index >= 15 is 0 Å². The summed E-state index contributed by atoms with van der Waals surface area (Å²) in [5.41, 5.74) is 1.18. The molecule has 1 atom stereocenters. The van der Waals surface area contributed by atoms with E-state index in [0.29, 0.717) is 49.1 Å². The van der Waals surface area contributed by atoms with Gasteiger partial charge in [0, 0.05) is 31.3 Å². The number of hydrogen-bond donors (Lipinski definition) is 1. The fourth-order valence-corrected chi connectivity index (χ4v) is 3.43. The lowest BCUT2D eigenvalue weighted by Crippen LogP contribution is -2.43. The van der Waals surface area contributed by atoms with Crippen LogP contribution >= 0.6 is 0 Å². The van der Waals surface area contributed by atoms with Crippen molar-refractivity contribution in [1.29, 1.82) is 0 Å². The molecule has 1 aromatic carbocycles. The Morgan fingerprint density at radius 1 is 1.07 bits per heavy atom. The number of piperidine rings is 1. The van der Waals surface area contributed by atoms with E-state index in [-0.39, 0.29) is 17.7 Å². The Hall–Kier alpha value is -2.96. The number of hydrogen-bond acceptors (Lipinski definition) is 5. The Labute approximate surface area is 157 Å². The summed E-state index contributed by atoms with van der Waals surface area (Å²) in [6.07, 6.45) is 5.29. The van der Waals surface area contributed by atoms with Crippen molar-refractivity contribution in [2.45, 2.75) is 19.3 Å². The summed E-state index contributed by atoms with van der Waals surface area (Å²) >= 11 is 0. The predicted octanol–water partition coefficient (Wildman–Crippen LogP) is 2.93. The normalized spacial score (nSPS) is 19.3. The molecule has 1 saturated heterocycles. The Bertz CT molecular complexity index is 818. The van der Waals surface area contributed by atoms with Crippen molar-refractivity contribution < 1.29 is 23.5 Å². The molecular weight excluding hydrogens is 348 g/mol. The van der Waals surface area contributed by atoms with Crippen LogP contribution in [-0.4, -0.2) is 43.0 Å². The van der Waals surface area contributed by atoms with Gasteiger partial charge in [0.1, 0.15) is 6.26 Å². The summed E-state index contributed by atoms with van der Waals surface area (Å²) in [5, 5.41) is 2.95. The van der Waals surface area contributed by atoms with Crippen LogP contribution in [0.5, 0.6) is 11.5 Å². The van der Waals surface area contributed by atoms with Crippen LogP contribution in [0.4, 0.5) is 5.69 Å². The van der Waals surface area contributed by atoms with Gasteiger partial charge in [-0.1, -0.05) is 0 Å². The third-order valence-electron chi connectivity index (χ3n) is 4.86. The molecule has 2 aliphatic heterocycles. The number of amides is 2. The molecule has 27 heavy (non-hydrogen) atoms. The lowest BCUT2D eigenvalue weighted by Gasteiger charge is -2.31. The molecule has 1 N–H and O–H groups in total. The maximum Gasteiger partial charge on any atom is 0.257 e. The SMILES string of the molecule is O=C(Nc1ccc2c(c1)OCCCO2)[C@H]1CCCN(C(=O)c2ccoc2)C1. The summed E-state index contributed by atoms with van der Waals surface area (Å²) in [6, 6.07) is 7.05. The van der Waals surface area contributed by atoms with Gasteiger partial charge in [0.2, 0.25) is 5.91 Å². The molecule has 2 amide bonds. The van der Waals surface area contributed by atoms with Crippen LogP contribution in [-0.2, 0) is 4.79 Å². The average Bonchev–Trinajstić information content (AvgIpc) is 3.13. The van der Waals surface area contributed by atoms with Gasteiger partial charge in [-0.2, -0.15) is 0 Å². The van der Waals surface area contributed by atoms with Gasteiger partial charge >= 0.3 is 0 Å². The second-order valence-electron chi connectivity index (χ2n) is 6.80. The molecule has 1 aromatic heterocycles. The number of furan rings is 1. The zero-order valence-electron chi connectivity index (χ0n) is 15.0. The van der Waals surface area contributed by atoms with Crippen molar-refractivity contribution in [2.75, 3.05) is 31.6 Å². The molecule has 7 nitrogen and oxygen atoms in total. The minimum Gasteiger partial charge on any atom is -0.490 e. The van der Waals surface area contributed by atoms with Crippen molar-refractivity contribution in [2.24, 2.45) is 5.92 Å². The van der Waals surface area contributed by atoms with E-state index in [4.69, 9.17) is 13.9 Å². The van der Waals surface area contributed by atoms with E-state index in [1.54, 1.807) is 17.0 Å². The van der Waals surface area contributed by atoms with Crippen molar-refractivity contribution in [1.82, 2.24) is 4.90 Å². The standard InChI is InChI=1S/C20H22N2O5/c23-19(21-16-4-5-17-18(11-16)27-9-2-8-26-17)14-3-1-7-22(12-14)20(24)15-6-10-25-13-15/h4-6,10-11,13-14H,1-3,7-9,12H2,(H,21,23)/t14-/m0/s1. The highest BCUT2D eigenvalue weighted by atomic mass is 16.5. The number of benzene rings is 1. The highest BCUT2D eigenvalue weighted by Crippen LogP contribution is 2.32. The molecule has 0 radical (unpaired) electrons. The summed E-state index contributed by atoms with van der Waals surface area (Å²) in [5.74, 6) is 0.905. The third kappa shape index (κ3) is 3.92. The predicted molar refractivity (Wildman–Crippen MR) is 98.0 cm³/mol. The molecule has 2 aromatic rings. The summed E-state index contributed by atoms with van der Waals surface area (Å²) in [6.45, 7) is 2.28. The zero-order valence-corrected chi connectivity index (χ0v) is 15.0. The molecule has 0 unspecified atom stereocenters. The van der Waals surface area contributed by atoms with E-state index < -0.39 is 0 Å². The van der Waals surface area contributed by atoms with Crippen molar-refractivity contribution in [3.63, 3.8) is 0 Å². The molecule has 2 aliphatic rings. The topological polar surface area (TPSA) is 81.0 Å². The van der Waals surface area contributed by atoms with Gasteiger partial charge in [0.05, 0.1) is 31.0 Å². The maximum absolute atomic E-state index is 12.7. The number of anilines is 1. The lowest BCUT2D eigenvalue weighted by atomic mass is 9.96. The highest BCUT2D eigenvalue weighted by molar-refractivity contribution is 5.96. The first kappa shape index (κ1) is 17.5. The van der Waals surface area contributed by atoms with E-state index in [1.807, 2.05) is 12.1 Å². The number of fused-ring (bicyclic) bond motifs is 1. The first-order valence-electron chi connectivity index (χ1n) is 9.23. The minimum absolute atomic E-state index is 0.0887. The molecular formula is C20H22N2O5. The molecule has 142 valence electrons. The zero-order chi connectivity index (χ0) is 18.6. The summed E-state index contributed by atoms with van der Waals surface area (Å²) < 4.78 is 16.3. The number of carbonyl (C=O) groups excluding carboxylic acids is 2. The highest BCUT2D eigenvalue weighted by Gasteiger charge is 2.29. The van der Waals surface area contributed by atoms with Gasteiger partial charge in [0.15, 0.2) is 11.5 Å². The van der Waals surface area contributed by atoms with Crippen molar-refractivity contribution >= 4 is 17.5 Å². The second-order valence-corrected chi connectivity index (χ2v) is 6.80. The molecule has 0 saturated carbocycles. The van der Waals surface area contributed by atoms with Crippen LogP contribution in [0.1, 0.15) is 29.6 Å². The molecule has 0 aliphatic carbocycles. The van der Waals surface area contributed by atoms with Crippen LogP contribution < -0.4 is 14.8 Å². The first-order chi connectivity index (χ1) is 13.2. The third-order valence-corrected chi connectivity index (χ3v) is 4.86. The van der Waals surface area contributed by atoms with E-state index in [2.05, 4.69) is 5.32 Å². The summed E-state index contributed by atoms with van der Waals surface area (Å²) in [7, 11) is 0. The smallest absolute Gasteiger partial charge is 0.257 e. The maximum atomic E-state index is 12.7. The van der Waals surface area contributed by atoms with Crippen LogP contribution in [0, 0.1) is 5.92 Å². The number of carbonyl (C=O) groups is 2. The van der Waals surface area contributed by atoms with E-state index in [0.717, 1.165) is 19.3 Å². The second kappa shape index (κ2) is 7.73.